The third-order valence-electron chi connectivity index (χ3n) is 2.59. The summed E-state index contributed by atoms with van der Waals surface area (Å²) in [6, 6.07) is 6.22. The number of hydrogen-bond acceptors (Lipinski definition) is 5. The van der Waals surface area contributed by atoms with E-state index in [-0.39, 0.29) is 28.7 Å². The van der Waals surface area contributed by atoms with E-state index >= 15 is 0 Å². The van der Waals surface area contributed by atoms with Gasteiger partial charge in [0.25, 0.3) is 5.89 Å². The normalized spacial score (nSPS) is 10.7. The second-order valence-electron chi connectivity index (χ2n) is 3.92. The Morgan fingerprint density at radius 2 is 1.95 bits per heavy atom. The van der Waals surface area contributed by atoms with Crippen molar-refractivity contribution in [1.82, 2.24) is 15.1 Å². The Hall–Kier alpha value is -2.83. The van der Waals surface area contributed by atoms with Gasteiger partial charge in [0, 0.05) is 11.8 Å². The Balaban J connectivity index is 2.02. The summed E-state index contributed by atoms with van der Waals surface area (Å²) in [5, 5.41) is 13.3. The SMILES string of the molecule is Oc1cccnc1-c1nc(-c2ccc(F)c(F)c2)no1. The van der Waals surface area contributed by atoms with E-state index in [1.807, 2.05) is 0 Å². The molecule has 2 aromatic heterocycles. The zero-order chi connectivity index (χ0) is 14.1. The van der Waals surface area contributed by atoms with Crippen molar-refractivity contribution >= 4 is 0 Å². The highest BCUT2D eigenvalue weighted by atomic mass is 19.2. The van der Waals surface area contributed by atoms with E-state index in [4.69, 9.17) is 4.52 Å². The maximum Gasteiger partial charge on any atom is 0.280 e. The van der Waals surface area contributed by atoms with Crippen LogP contribution in [0, 0.1) is 11.6 Å². The molecule has 0 radical (unpaired) electrons. The number of rotatable bonds is 2. The van der Waals surface area contributed by atoms with Gasteiger partial charge in [0.2, 0.25) is 5.82 Å². The molecule has 0 aliphatic carbocycles. The molecule has 1 aromatic carbocycles. The largest absolute Gasteiger partial charge is 0.505 e. The number of aromatic hydroxyl groups is 1. The van der Waals surface area contributed by atoms with E-state index in [0.29, 0.717) is 0 Å². The van der Waals surface area contributed by atoms with Gasteiger partial charge in [-0.3, -0.25) is 0 Å². The molecule has 0 saturated heterocycles. The van der Waals surface area contributed by atoms with Crippen LogP contribution in [0.2, 0.25) is 0 Å². The predicted molar refractivity (Wildman–Crippen MR) is 64.5 cm³/mol. The first kappa shape index (κ1) is 12.2. The van der Waals surface area contributed by atoms with Crippen molar-refractivity contribution < 1.29 is 18.4 Å². The molecule has 20 heavy (non-hydrogen) atoms. The van der Waals surface area contributed by atoms with Crippen molar-refractivity contribution in [3.05, 3.63) is 48.2 Å². The van der Waals surface area contributed by atoms with Crippen molar-refractivity contribution in [2.75, 3.05) is 0 Å². The zero-order valence-corrected chi connectivity index (χ0v) is 9.92. The lowest BCUT2D eigenvalue weighted by atomic mass is 10.2. The average Bonchev–Trinajstić information content (AvgIpc) is 2.92. The summed E-state index contributed by atoms with van der Waals surface area (Å²) in [5.74, 6) is -2.02. The molecule has 0 atom stereocenters. The van der Waals surface area contributed by atoms with Crippen LogP contribution in [0.1, 0.15) is 0 Å². The van der Waals surface area contributed by atoms with Gasteiger partial charge < -0.3 is 9.63 Å². The fraction of sp³-hybridized carbons (Fsp3) is 0. The molecule has 0 aliphatic heterocycles. The minimum Gasteiger partial charge on any atom is -0.505 e. The molecule has 0 fully saturated rings. The lowest BCUT2D eigenvalue weighted by Gasteiger charge is -1.96. The standard InChI is InChI=1S/C13H7F2N3O2/c14-8-4-3-7(6-9(8)15)12-17-13(20-18-12)11-10(19)2-1-5-16-11/h1-6,19H. The lowest BCUT2D eigenvalue weighted by Crippen LogP contribution is -1.87. The van der Waals surface area contributed by atoms with Crippen molar-refractivity contribution in [3.8, 4) is 28.7 Å². The highest BCUT2D eigenvalue weighted by molar-refractivity contribution is 5.61. The molecule has 3 aromatic rings. The van der Waals surface area contributed by atoms with Crippen LogP contribution in [0.3, 0.4) is 0 Å². The molecular weight excluding hydrogens is 268 g/mol. The van der Waals surface area contributed by atoms with Gasteiger partial charge >= 0.3 is 0 Å². The molecule has 0 unspecified atom stereocenters. The van der Waals surface area contributed by atoms with E-state index in [1.54, 1.807) is 6.07 Å². The maximum absolute atomic E-state index is 13.1. The van der Waals surface area contributed by atoms with Crippen molar-refractivity contribution in [2.24, 2.45) is 0 Å². The second-order valence-corrected chi connectivity index (χ2v) is 3.92. The summed E-state index contributed by atoms with van der Waals surface area (Å²) >= 11 is 0. The molecule has 0 amide bonds. The highest BCUT2D eigenvalue weighted by Crippen LogP contribution is 2.27. The molecule has 5 nitrogen and oxygen atoms in total. The zero-order valence-electron chi connectivity index (χ0n) is 9.92. The predicted octanol–water partition coefficient (Wildman–Crippen LogP) is 2.78. The second kappa shape index (κ2) is 4.69. The topological polar surface area (TPSA) is 72.0 Å². The molecule has 7 heteroatoms. The van der Waals surface area contributed by atoms with Gasteiger partial charge in [0.05, 0.1) is 0 Å². The van der Waals surface area contributed by atoms with Crippen LogP contribution in [-0.2, 0) is 0 Å². The van der Waals surface area contributed by atoms with Crippen molar-refractivity contribution in [1.29, 1.82) is 0 Å². The Morgan fingerprint density at radius 3 is 2.70 bits per heavy atom. The van der Waals surface area contributed by atoms with E-state index in [0.717, 1.165) is 12.1 Å². The Morgan fingerprint density at radius 1 is 1.10 bits per heavy atom. The van der Waals surface area contributed by atoms with Crippen LogP contribution in [0.5, 0.6) is 5.75 Å². The van der Waals surface area contributed by atoms with Crippen LogP contribution >= 0.6 is 0 Å². The van der Waals surface area contributed by atoms with Crippen LogP contribution in [0.4, 0.5) is 8.78 Å². The van der Waals surface area contributed by atoms with E-state index < -0.39 is 11.6 Å². The third-order valence-corrected chi connectivity index (χ3v) is 2.59. The summed E-state index contributed by atoms with van der Waals surface area (Å²) in [7, 11) is 0. The van der Waals surface area contributed by atoms with Crippen LogP contribution in [0.25, 0.3) is 23.0 Å². The van der Waals surface area contributed by atoms with Gasteiger partial charge in [-0.15, -0.1) is 0 Å². The smallest absolute Gasteiger partial charge is 0.280 e. The first-order chi connectivity index (χ1) is 9.65. The minimum absolute atomic E-state index is 0.0113. The van der Waals surface area contributed by atoms with E-state index in [2.05, 4.69) is 15.1 Å². The number of pyridine rings is 1. The third kappa shape index (κ3) is 2.09. The molecule has 2 heterocycles. The van der Waals surface area contributed by atoms with Crippen LogP contribution in [0.15, 0.2) is 41.1 Å². The fourth-order valence-corrected chi connectivity index (χ4v) is 1.63. The number of benzene rings is 1. The summed E-state index contributed by atoms with van der Waals surface area (Å²) in [4.78, 5) is 7.90. The number of hydrogen-bond donors (Lipinski definition) is 1. The first-order valence-electron chi connectivity index (χ1n) is 5.58. The minimum atomic E-state index is -1.01. The molecule has 0 spiro atoms. The molecule has 100 valence electrons. The van der Waals surface area contributed by atoms with Gasteiger partial charge in [-0.25, -0.2) is 13.8 Å². The summed E-state index contributed by atoms with van der Waals surface area (Å²) in [5.41, 5.74) is 0.378. The summed E-state index contributed by atoms with van der Waals surface area (Å²) in [6.07, 6.45) is 1.45. The Labute approximate surface area is 111 Å². The van der Waals surface area contributed by atoms with Gasteiger partial charge in [-0.05, 0) is 30.3 Å². The molecule has 0 bridgehead atoms. The Bertz CT molecular complexity index is 774. The van der Waals surface area contributed by atoms with Gasteiger partial charge in [0.1, 0.15) is 5.75 Å². The fourth-order valence-electron chi connectivity index (χ4n) is 1.63. The van der Waals surface area contributed by atoms with E-state index in [1.165, 1.54) is 18.3 Å². The van der Waals surface area contributed by atoms with Gasteiger partial charge in [-0.2, -0.15) is 4.98 Å². The molecule has 1 N–H and O–H groups in total. The van der Waals surface area contributed by atoms with Gasteiger partial charge in [0.15, 0.2) is 17.3 Å². The monoisotopic (exact) mass is 275 g/mol. The Kier molecular flexibility index (Phi) is 2.86. The lowest BCUT2D eigenvalue weighted by molar-refractivity contribution is 0.423. The highest BCUT2D eigenvalue weighted by Gasteiger charge is 2.15. The molecule has 0 aliphatic rings. The van der Waals surface area contributed by atoms with Crippen LogP contribution < -0.4 is 0 Å². The first-order valence-corrected chi connectivity index (χ1v) is 5.58. The average molecular weight is 275 g/mol. The van der Waals surface area contributed by atoms with Crippen LogP contribution in [-0.4, -0.2) is 20.2 Å². The molecular formula is C13H7F2N3O2. The maximum atomic E-state index is 13.1. The number of aromatic nitrogens is 3. The molecule has 3 rings (SSSR count). The molecule has 0 saturated carbocycles. The van der Waals surface area contributed by atoms with Crippen molar-refractivity contribution in [3.63, 3.8) is 0 Å². The summed E-state index contributed by atoms with van der Waals surface area (Å²) in [6.45, 7) is 0. The summed E-state index contributed by atoms with van der Waals surface area (Å²) < 4.78 is 31.0. The van der Waals surface area contributed by atoms with Crippen molar-refractivity contribution in [2.45, 2.75) is 0 Å². The van der Waals surface area contributed by atoms with Gasteiger partial charge in [-0.1, -0.05) is 5.16 Å². The van der Waals surface area contributed by atoms with E-state index in [9.17, 15) is 13.9 Å². The quantitative estimate of drug-likeness (QED) is 0.778. The number of halogens is 2. The number of nitrogens with zero attached hydrogens (tertiary/aromatic N) is 3.